The second kappa shape index (κ2) is 14.2. The van der Waals surface area contributed by atoms with E-state index in [0.29, 0.717) is 18.9 Å². The van der Waals surface area contributed by atoms with Crippen molar-refractivity contribution in [3.05, 3.63) is 54.0 Å². The van der Waals surface area contributed by atoms with Crippen LogP contribution in [0.3, 0.4) is 0 Å². The number of nitrogens with one attached hydrogen (secondary N) is 3. The SMILES string of the molecule is CCNC(=NCc1cccc(NC(=O)CC(C)C)c1)NCC(c1ccco1)N1CCCC1.I. The fraction of sp³-hybridized carbons (Fsp3) is 0.520. The van der Waals surface area contributed by atoms with Crippen molar-refractivity contribution in [2.45, 2.75) is 52.6 Å². The summed E-state index contributed by atoms with van der Waals surface area (Å²) < 4.78 is 5.72. The fourth-order valence-corrected chi connectivity index (χ4v) is 3.98. The molecule has 1 aliphatic heterocycles. The third-order valence-electron chi connectivity index (χ3n) is 5.48. The van der Waals surface area contributed by atoms with Gasteiger partial charge in [-0.1, -0.05) is 26.0 Å². The summed E-state index contributed by atoms with van der Waals surface area (Å²) in [4.78, 5) is 19.3. The van der Waals surface area contributed by atoms with E-state index in [1.807, 2.05) is 50.2 Å². The first-order valence-electron chi connectivity index (χ1n) is 11.7. The van der Waals surface area contributed by atoms with Gasteiger partial charge in [0.25, 0.3) is 0 Å². The van der Waals surface area contributed by atoms with Crippen LogP contribution in [0.5, 0.6) is 0 Å². The van der Waals surface area contributed by atoms with Crippen LogP contribution in [0, 0.1) is 5.92 Å². The van der Waals surface area contributed by atoms with Crippen LogP contribution < -0.4 is 16.0 Å². The molecule has 3 N–H and O–H groups in total. The molecule has 3 rings (SSSR count). The maximum Gasteiger partial charge on any atom is 0.224 e. The van der Waals surface area contributed by atoms with E-state index in [9.17, 15) is 4.79 Å². The Morgan fingerprint density at radius 1 is 1.15 bits per heavy atom. The Morgan fingerprint density at radius 3 is 2.61 bits per heavy atom. The topological polar surface area (TPSA) is 81.9 Å². The molecule has 2 heterocycles. The molecule has 0 spiro atoms. The number of likely N-dealkylation sites (tertiary alicyclic amines) is 1. The molecule has 8 heteroatoms. The molecule has 7 nitrogen and oxygen atoms in total. The second-order valence-electron chi connectivity index (χ2n) is 8.70. The number of hydrogen-bond donors (Lipinski definition) is 3. The first kappa shape index (κ1) is 27.2. The van der Waals surface area contributed by atoms with Crippen molar-refractivity contribution in [3.63, 3.8) is 0 Å². The van der Waals surface area contributed by atoms with Gasteiger partial charge in [0.15, 0.2) is 5.96 Å². The van der Waals surface area contributed by atoms with Crippen LogP contribution in [-0.4, -0.2) is 42.9 Å². The number of rotatable bonds is 10. The first-order valence-corrected chi connectivity index (χ1v) is 11.7. The van der Waals surface area contributed by atoms with Crippen LogP contribution in [0.15, 0.2) is 52.1 Å². The molecule has 0 aliphatic carbocycles. The molecule has 1 unspecified atom stereocenters. The van der Waals surface area contributed by atoms with Gasteiger partial charge in [0, 0.05) is 25.2 Å². The van der Waals surface area contributed by atoms with Gasteiger partial charge in [-0.05, 0) is 68.6 Å². The van der Waals surface area contributed by atoms with Gasteiger partial charge in [-0.25, -0.2) is 4.99 Å². The molecule has 1 aromatic carbocycles. The standard InChI is InChI=1S/C25H37N5O2.HI/c1-4-26-25(28-18-22(23-11-8-14-32-23)30-12-5-6-13-30)27-17-20-9-7-10-21(16-20)29-24(31)15-19(2)3;/h7-11,14,16,19,22H,4-6,12-13,15,17-18H2,1-3H3,(H,29,31)(H2,26,27,28);1H. The van der Waals surface area contributed by atoms with Gasteiger partial charge in [0.05, 0.1) is 18.8 Å². The monoisotopic (exact) mass is 567 g/mol. The number of guanidine groups is 1. The maximum absolute atomic E-state index is 12.1. The van der Waals surface area contributed by atoms with E-state index in [1.165, 1.54) is 12.8 Å². The lowest BCUT2D eigenvalue weighted by Crippen LogP contribution is -2.42. The molecular weight excluding hydrogens is 529 g/mol. The van der Waals surface area contributed by atoms with Crippen LogP contribution >= 0.6 is 24.0 Å². The van der Waals surface area contributed by atoms with Gasteiger partial charge in [-0.15, -0.1) is 24.0 Å². The predicted octanol–water partition coefficient (Wildman–Crippen LogP) is 4.77. The molecule has 2 aromatic rings. The summed E-state index contributed by atoms with van der Waals surface area (Å²) in [6.45, 7) is 10.4. The number of anilines is 1. The van der Waals surface area contributed by atoms with Gasteiger partial charge < -0.3 is 20.4 Å². The third kappa shape index (κ3) is 9.00. The van der Waals surface area contributed by atoms with E-state index >= 15 is 0 Å². The Bertz CT molecular complexity index is 863. The van der Waals surface area contributed by atoms with Crippen LogP contribution in [0.2, 0.25) is 0 Å². The Balaban J connectivity index is 0.00000385. The van der Waals surface area contributed by atoms with Crippen molar-refractivity contribution in [2.24, 2.45) is 10.9 Å². The Kier molecular flexibility index (Phi) is 11.7. The summed E-state index contributed by atoms with van der Waals surface area (Å²) in [5.41, 5.74) is 1.86. The van der Waals surface area contributed by atoms with Gasteiger partial charge in [0.1, 0.15) is 5.76 Å². The number of hydrogen-bond acceptors (Lipinski definition) is 4. The van der Waals surface area contributed by atoms with Gasteiger partial charge in [-0.2, -0.15) is 0 Å². The average Bonchev–Trinajstić information content (AvgIpc) is 3.47. The molecule has 1 aromatic heterocycles. The summed E-state index contributed by atoms with van der Waals surface area (Å²) in [7, 11) is 0. The van der Waals surface area contributed by atoms with E-state index in [-0.39, 0.29) is 35.9 Å². The van der Waals surface area contributed by atoms with Crippen molar-refractivity contribution in [1.29, 1.82) is 0 Å². The van der Waals surface area contributed by atoms with Crippen LogP contribution in [-0.2, 0) is 11.3 Å². The van der Waals surface area contributed by atoms with Gasteiger partial charge in [-0.3, -0.25) is 9.69 Å². The number of benzene rings is 1. The zero-order chi connectivity index (χ0) is 22.8. The summed E-state index contributed by atoms with van der Waals surface area (Å²) in [6, 6.07) is 12.1. The van der Waals surface area contributed by atoms with Gasteiger partial charge in [0.2, 0.25) is 5.91 Å². The quantitative estimate of drug-likeness (QED) is 0.219. The van der Waals surface area contributed by atoms with Crippen molar-refractivity contribution in [2.75, 3.05) is 31.5 Å². The Hall–Kier alpha value is -2.07. The highest BCUT2D eigenvalue weighted by Crippen LogP contribution is 2.24. The van der Waals surface area contributed by atoms with Crippen LogP contribution in [0.4, 0.5) is 5.69 Å². The third-order valence-corrected chi connectivity index (χ3v) is 5.48. The lowest BCUT2D eigenvalue weighted by Gasteiger charge is -2.26. The molecule has 0 bridgehead atoms. The highest BCUT2D eigenvalue weighted by molar-refractivity contribution is 14.0. The largest absolute Gasteiger partial charge is 0.468 e. The average molecular weight is 568 g/mol. The molecule has 0 radical (unpaired) electrons. The normalized spacial score (nSPS) is 15.2. The molecule has 1 aliphatic rings. The van der Waals surface area contributed by atoms with E-state index in [1.54, 1.807) is 6.26 Å². The Morgan fingerprint density at radius 2 is 1.94 bits per heavy atom. The lowest BCUT2D eigenvalue weighted by molar-refractivity contribution is -0.116. The highest BCUT2D eigenvalue weighted by Gasteiger charge is 2.25. The molecule has 1 fully saturated rings. The summed E-state index contributed by atoms with van der Waals surface area (Å²) in [5, 5.41) is 9.80. The number of nitrogens with zero attached hydrogens (tertiary/aromatic N) is 2. The molecule has 0 saturated carbocycles. The van der Waals surface area contributed by atoms with E-state index < -0.39 is 0 Å². The zero-order valence-electron chi connectivity index (χ0n) is 20.0. The molecule has 1 amide bonds. The van der Waals surface area contributed by atoms with E-state index in [0.717, 1.165) is 49.1 Å². The fourth-order valence-electron chi connectivity index (χ4n) is 3.98. The lowest BCUT2D eigenvalue weighted by atomic mass is 10.1. The number of halogens is 1. The van der Waals surface area contributed by atoms with Crippen LogP contribution in [0.25, 0.3) is 0 Å². The first-order chi connectivity index (χ1) is 15.5. The smallest absolute Gasteiger partial charge is 0.224 e. The number of carbonyl (C=O) groups excluding carboxylic acids is 1. The number of amides is 1. The molecular formula is C25H38IN5O2. The number of aliphatic imine (C=N–C) groups is 1. The maximum atomic E-state index is 12.1. The number of carbonyl (C=O) groups is 1. The highest BCUT2D eigenvalue weighted by atomic mass is 127. The minimum Gasteiger partial charge on any atom is -0.468 e. The summed E-state index contributed by atoms with van der Waals surface area (Å²) in [6.07, 6.45) is 4.72. The van der Waals surface area contributed by atoms with E-state index in [2.05, 4.69) is 27.8 Å². The van der Waals surface area contributed by atoms with E-state index in [4.69, 9.17) is 9.41 Å². The second-order valence-corrected chi connectivity index (χ2v) is 8.70. The predicted molar refractivity (Wildman–Crippen MR) is 145 cm³/mol. The van der Waals surface area contributed by atoms with Crippen molar-refractivity contribution < 1.29 is 9.21 Å². The summed E-state index contributed by atoms with van der Waals surface area (Å²) >= 11 is 0. The minimum absolute atomic E-state index is 0. The summed E-state index contributed by atoms with van der Waals surface area (Å²) in [5.74, 6) is 2.14. The Labute approximate surface area is 214 Å². The van der Waals surface area contributed by atoms with Crippen molar-refractivity contribution in [1.82, 2.24) is 15.5 Å². The van der Waals surface area contributed by atoms with Crippen LogP contribution in [0.1, 0.15) is 57.4 Å². The minimum atomic E-state index is 0. The zero-order valence-corrected chi connectivity index (χ0v) is 22.3. The van der Waals surface area contributed by atoms with Crippen molar-refractivity contribution >= 4 is 41.5 Å². The van der Waals surface area contributed by atoms with Gasteiger partial charge >= 0.3 is 0 Å². The van der Waals surface area contributed by atoms with Crippen molar-refractivity contribution in [3.8, 4) is 0 Å². The molecule has 182 valence electrons. The molecule has 1 saturated heterocycles. The number of furan rings is 1. The molecule has 33 heavy (non-hydrogen) atoms. The molecule has 1 atom stereocenters.